The Kier molecular flexibility index (Phi) is 6.63. The van der Waals surface area contributed by atoms with Crippen molar-refractivity contribution >= 4 is 5.96 Å². The molecular weight excluding hydrogens is 286 g/mol. The van der Waals surface area contributed by atoms with Crippen molar-refractivity contribution in [3.05, 3.63) is 71.3 Å². The average molecular weight is 311 g/mol. The summed E-state index contributed by atoms with van der Waals surface area (Å²) >= 11 is 0. The molecule has 0 heterocycles. The number of ether oxygens (including phenoxy) is 1. The van der Waals surface area contributed by atoms with Gasteiger partial charge in [-0.25, -0.2) is 4.99 Å². The van der Waals surface area contributed by atoms with Crippen molar-refractivity contribution in [2.45, 2.75) is 19.7 Å². The summed E-state index contributed by atoms with van der Waals surface area (Å²) in [6.45, 7) is 2.04. The second-order valence-electron chi connectivity index (χ2n) is 5.63. The van der Waals surface area contributed by atoms with E-state index in [9.17, 15) is 0 Å². The molecule has 0 atom stereocenters. The highest BCUT2D eigenvalue weighted by molar-refractivity contribution is 5.79. The molecule has 0 amide bonds. The van der Waals surface area contributed by atoms with Gasteiger partial charge in [0.15, 0.2) is 5.96 Å². The molecule has 0 spiro atoms. The molecule has 0 unspecified atom stereocenters. The van der Waals surface area contributed by atoms with Crippen LogP contribution in [0.4, 0.5) is 0 Å². The Labute approximate surface area is 138 Å². The number of benzene rings is 2. The molecular formula is C19H25N3O. The van der Waals surface area contributed by atoms with Crippen LogP contribution in [0, 0.1) is 0 Å². The lowest BCUT2D eigenvalue weighted by Crippen LogP contribution is -2.36. The van der Waals surface area contributed by atoms with Gasteiger partial charge in [-0.3, -0.25) is 0 Å². The first-order valence-electron chi connectivity index (χ1n) is 7.75. The lowest BCUT2D eigenvalue weighted by Gasteiger charge is -2.18. The van der Waals surface area contributed by atoms with Crippen LogP contribution in [0.15, 0.2) is 59.6 Å². The molecule has 0 saturated carbocycles. The number of nitrogens with one attached hydrogen (secondary N) is 1. The smallest absolute Gasteiger partial charge is 0.194 e. The van der Waals surface area contributed by atoms with Gasteiger partial charge in [0.25, 0.3) is 0 Å². The van der Waals surface area contributed by atoms with E-state index >= 15 is 0 Å². The van der Waals surface area contributed by atoms with Crippen molar-refractivity contribution in [1.29, 1.82) is 0 Å². The minimum absolute atomic E-state index is 0.629. The fourth-order valence-electron chi connectivity index (χ4n) is 2.28. The van der Waals surface area contributed by atoms with E-state index in [2.05, 4.69) is 35.6 Å². The molecule has 0 fully saturated rings. The highest BCUT2D eigenvalue weighted by Gasteiger charge is 2.02. The van der Waals surface area contributed by atoms with Crippen molar-refractivity contribution < 1.29 is 4.74 Å². The number of rotatable bonds is 6. The van der Waals surface area contributed by atoms with Gasteiger partial charge in [0, 0.05) is 27.7 Å². The van der Waals surface area contributed by atoms with E-state index in [4.69, 9.17) is 9.73 Å². The number of aliphatic imine (C=N–C) groups is 1. The number of hydrogen-bond donors (Lipinski definition) is 1. The molecule has 0 aliphatic heterocycles. The van der Waals surface area contributed by atoms with E-state index in [1.54, 1.807) is 7.11 Å². The van der Waals surface area contributed by atoms with Gasteiger partial charge in [-0.2, -0.15) is 0 Å². The zero-order valence-electron chi connectivity index (χ0n) is 14.1. The van der Waals surface area contributed by atoms with Gasteiger partial charge < -0.3 is 15.0 Å². The standard InChI is InChI=1S/C19H25N3O/c1-22(2)19(20-13-16-8-5-4-6-9-16)21-14-17-10-7-11-18(12-17)15-23-3/h4-12H,13-15H2,1-3H3,(H,20,21). The second kappa shape index (κ2) is 8.96. The normalized spacial score (nSPS) is 11.3. The highest BCUT2D eigenvalue weighted by Crippen LogP contribution is 2.08. The Morgan fingerprint density at radius 3 is 2.39 bits per heavy atom. The number of nitrogens with zero attached hydrogens (tertiary/aromatic N) is 2. The lowest BCUT2D eigenvalue weighted by atomic mass is 10.1. The summed E-state index contributed by atoms with van der Waals surface area (Å²) in [6.07, 6.45) is 0. The van der Waals surface area contributed by atoms with E-state index < -0.39 is 0 Å². The van der Waals surface area contributed by atoms with Gasteiger partial charge in [-0.05, 0) is 16.7 Å². The summed E-state index contributed by atoms with van der Waals surface area (Å²) in [7, 11) is 5.71. The maximum Gasteiger partial charge on any atom is 0.194 e. The third-order valence-electron chi connectivity index (χ3n) is 3.43. The molecule has 1 N–H and O–H groups in total. The van der Waals surface area contributed by atoms with Crippen LogP contribution in [0.1, 0.15) is 16.7 Å². The summed E-state index contributed by atoms with van der Waals surface area (Å²) in [6, 6.07) is 18.7. The van der Waals surface area contributed by atoms with Gasteiger partial charge in [0.1, 0.15) is 0 Å². The number of guanidine groups is 1. The molecule has 122 valence electrons. The Morgan fingerprint density at radius 2 is 1.70 bits per heavy atom. The first-order valence-corrected chi connectivity index (χ1v) is 7.75. The number of hydrogen-bond acceptors (Lipinski definition) is 2. The largest absolute Gasteiger partial charge is 0.380 e. The minimum Gasteiger partial charge on any atom is -0.380 e. The third kappa shape index (κ3) is 5.75. The Morgan fingerprint density at radius 1 is 1.00 bits per heavy atom. The van der Waals surface area contributed by atoms with Gasteiger partial charge in [-0.15, -0.1) is 0 Å². The summed E-state index contributed by atoms with van der Waals surface area (Å²) in [5.74, 6) is 0.881. The van der Waals surface area contributed by atoms with Crippen molar-refractivity contribution in [2.24, 2.45) is 4.99 Å². The highest BCUT2D eigenvalue weighted by atomic mass is 16.5. The average Bonchev–Trinajstić information content (AvgIpc) is 2.56. The summed E-state index contributed by atoms with van der Waals surface area (Å²) in [5.41, 5.74) is 3.59. The number of methoxy groups -OCH3 is 1. The van der Waals surface area contributed by atoms with Crippen LogP contribution in [0.25, 0.3) is 0 Å². The maximum atomic E-state index is 5.18. The molecule has 0 aliphatic carbocycles. The van der Waals surface area contributed by atoms with Crippen molar-refractivity contribution in [2.75, 3.05) is 21.2 Å². The minimum atomic E-state index is 0.629. The zero-order valence-corrected chi connectivity index (χ0v) is 14.1. The maximum absolute atomic E-state index is 5.18. The molecule has 4 nitrogen and oxygen atoms in total. The predicted molar refractivity (Wildman–Crippen MR) is 95.3 cm³/mol. The molecule has 4 heteroatoms. The van der Waals surface area contributed by atoms with Crippen molar-refractivity contribution in [3.63, 3.8) is 0 Å². The first-order chi connectivity index (χ1) is 11.2. The first kappa shape index (κ1) is 17.0. The van der Waals surface area contributed by atoms with Crippen molar-refractivity contribution in [3.8, 4) is 0 Å². The molecule has 23 heavy (non-hydrogen) atoms. The van der Waals surface area contributed by atoms with Gasteiger partial charge in [0.2, 0.25) is 0 Å². The molecule has 0 saturated heterocycles. The fourth-order valence-corrected chi connectivity index (χ4v) is 2.28. The summed E-state index contributed by atoms with van der Waals surface area (Å²) in [4.78, 5) is 6.70. The quantitative estimate of drug-likeness (QED) is 0.658. The molecule has 0 radical (unpaired) electrons. The summed E-state index contributed by atoms with van der Waals surface area (Å²) < 4.78 is 5.18. The van der Waals surface area contributed by atoms with Crippen LogP contribution in [0.2, 0.25) is 0 Å². The van der Waals surface area contributed by atoms with Crippen LogP contribution >= 0.6 is 0 Å². The third-order valence-corrected chi connectivity index (χ3v) is 3.43. The van der Waals surface area contributed by atoms with Gasteiger partial charge in [0.05, 0.1) is 13.2 Å². The van der Waals surface area contributed by atoms with Crippen LogP contribution in [0.5, 0.6) is 0 Å². The molecule has 0 aromatic heterocycles. The van der Waals surface area contributed by atoms with E-state index in [0.29, 0.717) is 13.2 Å². The van der Waals surface area contributed by atoms with Crippen molar-refractivity contribution in [1.82, 2.24) is 10.2 Å². The van der Waals surface area contributed by atoms with Gasteiger partial charge >= 0.3 is 0 Å². The van der Waals surface area contributed by atoms with E-state index in [1.807, 2.05) is 43.3 Å². The van der Waals surface area contributed by atoms with Crippen LogP contribution < -0.4 is 5.32 Å². The monoisotopic (exact) mass is 311 g/mol. The SMILES string of the molecule is COCc1cccc(CN=C(NCc2ccccc2)N(C)C)c1. The van der Waals surface area contributed by atoms with E-state index in [0.717, 1.165) is 12.5 Å². The molecule has 2 aromatic carbocycles. The zero-order chi connectivity index (χ0) is 16.5. The van der Waals surface area contributed by atoms with Crippen LogP contribution in [-0.4, -0.2) is 32.1 Å². The topological polar surface area (TPSA) is 36.9 Å². The molecule has 0 bridgehead atoms. The van der Waals surface area contributed by atoms with Crippen LogP contribution in [-0.2, 0) is 24.4 Å². The van der Waals surface area contributed by atoms with E-state index in [1.165, 1.54) is 16.7 Å². The molecule has 2 aromatic rings. The molecule has 2 rings (SSSR count). The molecule has 0 aliphatic rings. The Hall–Kier alpha value is -2.33. The predicted octanol–water partition coefficient (Wildman–Crippen LogP) is 3.04. The Bertz CT molecular complexity index is 624. The second-order valence-corrected chi connectivity index (χ2v) is 5.63. The van der Waals surface area contributed by atoms with Gasteiger partial charge in [-0.1, -0.05) is 54.6 Å². The van der Waals surface area contributed by atoms with Crippen LogP contribution in [0.3, 0.4) is 0 Å². The van der Waals surface area contributed by atoms with E-state index in [-0.39, 0.29) is 0 Å². The Balaban J connectivity index is 1.99. The fraction of sp³-hybridized carbons (Fsp3) is 0.316. The summed E-state index contributed by atoms with van der Waals surface area (Å²) in [5, 5.41) is 3.40. The lowest BCUT2D eigenvalue weighted by molar-refractivity contribution is 0.185.